The number of likely N-dealkylation sites (N-methyl/N-ethyl adjacent to an activating group) is 1. The van der Waals surface area contributed by atoms with Crippen molar-refractivity contribution in [2.75, 3.05) is 54.1 Å². The Hall–Kier alpha value is -0.500. The Balaban J connectivity index is 4.02. The van der Waals surface area contributed by atoms with Gasteiger partial charge >= 0.3 is 5.97 Å². The van der Waals surface area contributed by atoms with Gasteiger partial charge in [-0.3, -0.25) is 9.36 Å². The minimum atomic E-state index is -4.52. The summed E-state index contributed by atoms with van der Waals surface area (Å²) in [4.78, 5) is 25.2. The second-order valence-electron chi connectivity index (χ2n) is 20.3. The van der Waals surface area contributed by atoms with Crippen LogP contribution in [0.1, 0.15) is 284 Å². The molecule has 0 aliphatic heterocycles. The third-order valence-electron chi connectivity index (χ3n) is 12.7. The van der Waals surface area contributed by atoms with Crippen LogP contribution in [0.15, 0.2) is 0 Å². The molecule has 0 aliphatic rings. The number of phosphoric ester groups is 1. The predicted octanol–water partition coefficient (Wildman–Crippen LogP) is 16.5. The molecule has 0 aromatic heterocycles. The number of quaternary nitrogens is 1. The molecular weight excluding hydrogens is 806 g/mol. The van der Waals surface area contributed by atoms with E-state index in [1.807, 2.05) is 21.1 Å². The second-order valence-corrected chi connectivity index (χ2v) is 21.7. The van der Waals surface area contributed by atoms with Crippen molar-refractivity contribution in [2.24, 2.45) is 0 Å². The summed E-state index contributed by atoms with van der Waals surface area (Å²) in [5.74, 6) is -0.324. The Kier molecular flexibility index (Phi) is 47.6. The average Bonchev–Trinajstić information content (AvgIpc) is 3.24. The fourth-order valence-corrected chi connectivity index (χ4v) is 9.10. The molecule has 2 atom stereocenters. The molecule has 0 bridgehead atoms. The molecule has 0 N–H and O–H groups in total. The number of unbranched alkanes of at least 4 members (excludes halogenated alkanes) is 39. The lowest BCUT2D eigenvalue weighted by Gasteiger charge is -2.28. The number of ether oxygens (including phenoxy) is 2. The quantitative estimate of drug-likeness (QED) is 0.0260. The summed E-state index contributed by atoms with van der Waals surface area (Å²) in [6, 6.07) is 0. The van der Waals surface area contributed by atoms with Crippen LogP contribution in [0.25, 0.3) is 0 Å². The number of carbonyl (C=O) groups is 1. The molecule has 0 aromatic rings. The lowest BCUT2D eigenvalue weighted by molar-refractivity contribution is -0.870. The fourth-order valence-electron chi connectivity index (χ4n) is 8.37. The van der Waals surface area contributed by atoms with Crippen LogP contribution in [-0.4, -0.2) is 70.7 Å². The van der Waals surface area contributed by atoms with Crippen molar-refractivity contribution in [3.8, 4) is 0 Å². The molecule has 0 saturated carbocycles. The minimum Gasteiger partial charge on any atom is -0.756 e. The molecule has 63 heavy (non-hydrogen) atoms. The van der Waals surface area contributed by atoms with Crippen molar-refractivity contribution in [2.45, 2.75) is 290 Å². The molecular formula is C54H110NO7P. The van der Waals surface area contributed by atoms with E-state index in [0.717, 1.165) is 32.1 Å². The number of carbonyl (C=O) groups excluding carboxylic acids is 1. The van der Waals surface area contributed by atoms with Gasteiger partial charge in [0.15, 0.2) is 0 Å². The lowest BCUT2D eigenvalue weighted by atomic mass is 10.0. The molecule has 2 unspecified atom stereocenters. The minimum absolute atomic E-state index is 0.0319. The first-order valence-electron chi connectivity index (χ1n) is 27.8. The normalized spacial score (nSPS) is 13.4. The highest BCUT2D eigenvalue weighted by Crippen LogP contribution is 2.38. The van der Waals surface area contributed by atoms with Gasteiger partial charge in [0, 0.05) is 13.0 Å². The van der Waals surface area contributed by atoms with Gasteiger partial charge in [0.2, 0.25) is 0 Å². The number of hydrogen-bond donors (Lipinski definition) is 0. The Labute approximate surface area is 393 Å². The Morgan fingerprint density at radius 2 is 0.730 bits per heavy atom. The monoisotopic (exact) mass is 916 g/mol. The summed E-state index contributed by atoms with van der Waals surface area (Å²) in [5, 5.41) is 0. The topological polar surface area (TPSA) is 94.1 Å². The molecule has 378 valence electrons. The van der Waals surface area contributed by atoms with Gasteiger partial charge in [-0.15, -0.1) is 0 Å². The molecule has 0 amide bonds. The van der Waals surface area contributed by atoms with Gasteiger partial charge in [-0.2, -0.15) is 0 Å². The number of rotatable bonds is 53. The van der Waals surface area contributed by atoms with E-state index in [1.54, 1.807) is 0 Å². The first-order chi connectivity index (χ1) is 30.6. The third-order valence-corrected chi connectivity index (χ3v) is 13.6. The smallest absolute Gasteiger partial charge is 0.306 e. The van der Waals surface area contributed by atoms with E-state index in [-0.39, 0.29) is 25.8 Å². The SMILES string of the molecule is CCCCCCCCCCCCCCCCCCCCCCCCCOCC(COP(=O)([O-])OCC[N+](C)(C)C)OC(=O)CCCCCCCCCCCCCCCCCCCC. The summed E-state index contributed by atoms with van der Waals surface area (Å²) in [6.45, 7) is 5.50. The Morgan fingerprint density at radius 1 is 0.429 bits per heavy atom. The maximum absolute atomic E-state index is 12.8. The van der Waals surface area contributed by atoms with Crippen molar-refractivity contribution >= 4 is 13.8 Å². The maximum Gasteiger partial charge on any atom is 0.306 e. The zero-order valence-corrected chi connectivity index (χ0v) is 44.0. The van der Waals surface area contributed by atoms with Crippen LogP contribution in [0.2, 0.25) is 0 Å². The average molecular weight is 916 g/mol. The van der Waals surface area contributed by atoms with Crippen molar-refractivity contribution < 1.29 is 37.3 Å². The van der Waals surface area contributed by atoms with Gasteiger partial charge in [-0.1, -0.05) is 264 Å². The van der Waals surface area contributed by atoms with E-state index >= 15 is 0 Å². The number of esters is 1. The number of phosphoric acid groups is 1. The molecule has 0 aromatic carbocycles. The summed E-state index contributed by atoms with van der Waals surface area (Å²) in [5.41, 5.74) is 0. The Morgan fingerprint density at radius 3 is 1.05 bits per heavy atom. The van der Waals surface area contributed by atoms with Crippen LogP contribution in [0.4, 0.5) is 0 Å². The van der Waals surface area contributed by atoms with Crippen molar-refractivity contribution in [1.82, 2.24) is 0 Å². The van der Waals surface area contributed by atoms with Gasteiger partial charge in [-0.05, 0) is 12.8 Å². The van der Waals surface area contributed by atoms with Crippen LogP contribution in [0.5, 0.6) is 0 Å². The molecule has 9 heteroatoms. The van der Waals surface area contributed by atoms with Crippen LogP contribution >= 0.6 is 7.82 Å². The van der Waals surface area contributed by atoms with Gasteiger partial charge in [0.05, 0.1) is 34.4 Å². The summed E-state index contributed by atoms with van der Waals surface area (Å²) in [7, 11) is 1.38. The van der Waals surface area contributed by atoms with E-state index < -0.39 is 13.9 Å². The van der Waals surface area contributed by atoms with Gasteiger partial charge in [-0.25, -0.2) is 0 Å². The Bertz CT molecular complexity index is 976. The maximum atomic E-state index is 12.8. The van der Waals surface area contributed by atoms with Crippen molar-refractivity contribution in [1.29, 1.82) is 0 Å². The molecule has 0 saturated heterocycles. The van der Waals surface area contributed by atoms with Crippen LogP contribution in [-0.2, 0) is 27.9 Å². The summed E-state index contributed by atoms with van der Waals surface area (Å²) >= 11 is 0. The second kappa shape index (κ2) is 48.0. The molecule has 0 radical (unpaired) electrons. The van der Waals surface area contributed by atoms with E-state index in [9.17, 15) is 14.3 Å². The van der Waals surface area contributed by atoms with Crippen LogP contribution < -0.4 is 4.89 Å². The molecule has 0 spiro atoms. The zero-order valence-electron chi connectivity index (χ0n) is 43.1. The fraction of sp³-hybridized carbons (Fsp3) is 0.981. The summed E-state index contributed by atoms with van der Waals surface area (Å²) in [6.07, 6.45) is 54.2. The standard InChI is InChI=1S/C54H110NO7P/c1-6-8-10-12-14-16-18-20-22-24-26-27-28-29-30-32-34-36-38-40-42-44-46-49-59-51-53(52-61-63(57,58)60-50-48-55(3,4)5)62-54(56)47-45-43-41-39-37-35-33-31-25-23-21-19-17-15-13-11-9-7-2/h53H,6-52H2,1-5H3. The largest absolute Gasteiger partial charge is 0.756 e. The third kappa shape index (κ3) is 52.3. The molecule has 0 aliphatic carbocycles. The highest BCUT2D eigenvalue weighted by Gasteiger charge is 2.20. The first kappa shape index (κ1) is 62.5. The summed E-state index contributed by atoms with van der Waals surface area (Å²) < 4.78 is 34.8. The molecule has 0 fully saturated rings. The van der Waals surface area contributed by atoms with Gasteiger partial charge < -0.3 is 27.9 Å². The highest BCUT2D eigenvalue weighted by atomic mass is 31.2. The number of hydrogen-bond acceptors (Lipinski definition) is 7. The molecule has 8 nitrogen and oxygen atoms in total. The first-order valence-corrected chi connectivity index (χ1v) is 29.2. The van der Waals surface area contributed by atoms with Crippen molar-refractivity contribution in [3.05, 3.63) is 0 Å². The predicted molar refractivity (Wildman–Crippen MR) is 268 cm³/mol. The van der Waals surface area contributed by atoms with E-state index in [2.05, 4.69) is 13.8 Å². The molecule has 0 rings (SSSR count). The van der Waals surface area contributed by atoms with Gasteiger partial charge in [0.25, 0.3) is 7.82 Å². The van der Waals surface area contributed by atoms with E-state index in [0.29, 0.717) is 24.1 Å². The van der Waals surface area contributed by atoms with Crippen LogP contribution in [0.3, 0.4) is 0 Å². The highest BCUT2D eigenvalue weighted by molar-refractivity contribution is 7.45. The van der Waals surface area contributed by atoms with E-state index in [1.165, 1.54) is 231 Å². The van der Waals surface area contributed by atoms with E-state index in [4.69, 9.17) is 18.5 Å². The van der Waals surface area contributed by atoms with Gasteiger partial charge in [0.1, 0.15) is 19.3 Å². The van der Waals surface area contributed by atoms with Crippen LogP contribution in [0, 0.1) is 0 Å². The molecule has 0 heterocycles. The lowest BCUT2D eigenvalue weighted by Crippen LogP contribution is -2.37. The number of nitrogens with zero attached hydrogens (tertiary/aromatic N) is 1. The van der Waals surface area contributed by atoms with Crippen molar-refractivity contribution in [3.63, 3.8) is 0 Å². The zero-order chi connectivity index (χ0) is 46.2.